The summed E-state index contributed by atoms with van der Waals surface area (Å²) in [6.07, 6.45) is 0.871. The van der Waals surface area contributed by atoms with Crippen molar-refractivity contribution >= 4 is 6.03 Å². The zero-order chi connectivity index (χ0) is 15.9. The monoisotopic (exact) mass is 304 g/mol. The molecule has 0 bridgehead atoms. The number of nitrogens with zero attached hydrogens (tertiary/aromatic N) is 2. The van der Waals surface area contributed by atoms with Crippen molar-refractivity contribution in [3.63, 3.8) is 0 Å². The van der Waals surface area contributed by atoms with Crippen molar-refractivity contribution in [1.29, 1.82) is 0 Å². The van der Waals surface area contributed by atoms with Gasteiger partial charge in [-0.2, -0.15) is 4.98 Å². The van der Waals surface area contributed by atoms with E-state index in [1.54, 1.807) is 7.11 Å². The number of urea groups is 1. The van der Waals surface area contributed by atoms with Crippen LogP contribution in [0.15, 0.2) is 28.8 Å². The van der Waals surface area contributed by atoms with Gasteiger partial charge >= 0.3 is 6.03 Å². The molecule has 1 unspecified atom stereocenters. The van der Waals surface area contributed by atoms with Gasteiger partial charge in [0, 0.05) is 11.6 Å². The van der Waals surface area contributed by atoms with E-state index in [4.69, 9.17) is 9.26 Å². The smallest absolute Gasteiger partial charge is 0.315 e. The fraction of sp³-hybridized carbons (Fsp3) is 0.400. The minimum atomic E-state index is -0.251. The SMILES string of the molecule is CCC(C)NC(=O)NCc1nc(-c2ccc(OC)cc2)no1. The van der Waals surface area contributed by atoms with Crippen LogP contribution in [-0.4, -0.2) is 29.3 Å². The molecule has 0 aliphatic carbocycles. The number of rotatable bonds is 6. The molecule has 22 heavy (non-hydrogen) atoms. The zero-order valence-corrected chi connectivity index (χ0v) is 12.9. The van der Waals surface area contributed by atoms with E-state index in [1.807, 2.05) is 38.1 Å². The quantitative estimate of drug-likeness (QED) is 0.855. The average molecular weight is 304 g/mol. The van der Waals surface area contributed by atoms with Crippen molar-refractivity contribution in [1.82, 2.24) is 20.8 Å². The van der Waals surface area contributed by atoms with Crippen molar-refractivity contribution in [2.45, 2.75) is 32.9 Å². The number of aromatic nitrogens is 2. The Labute approximate surface area is 129 Å². The first-order valence-corrected chi connectivity index (χ1v) is 7.13. The first-order valence-electron chi connectivity index (χ1n) is 7.13. The van der Waals surface area contributed by atoms with Gasteiger partial charge in [0.15, 0.2) is 0 Å². The van der Waals surface area contributed by atoms with Crippen molar-refractivity contribution in [3.05, 3.63) is 30.2 Å². The molecule has 1 heterocycles. The number of hydrogen-bond acceptors (Lipinski definition) is 5. The highest BCUT2D eigenvalue weighted by atomic mass is 16.5. The van der Waals surface area contributed by atoms with Crippen molar-refractivity contribution in [2.75, 3.05) is 7.11 Å². The lowest BCUT2D eigenvalue weighted by Crippen LogP contribution is -2.40. The van der Waals surface area contributed by atoms with Gasteiger partial charge in [0.05, 0.1) is 13.7 Å². The van der Waals surface area contributed by atoms with E-state index >= 15 is 0 Å². The summed E-state index contributed by atoms with van der Waals surface area (Å²) in [6, 6.07) is 7.20. The van der Waals surface area contributed by atoms with Crippen molar-refractivity contribution < 1.29 is 14.1 Å². The van der Waals surface area contributed by atoms with E-state index in [9.17, 15) is 4.79 Å². The van der Waals surface area contributed by atoms with E-state index < -0.39 is 0 Å². The third kappa shape index (κ3) is 4.21. The molecule has 1 aromatic carbocycles. The number of hydrogen-bond donors (Lipinski definition) is 2. The van der Waals surface area contributed by atoms with Gasteiger partial charge in [0.25, 0.3) is 0 Å². The van der Waals surface area contributed by atoms with Gasteiger partial charge in [-0.3, -0.25) is 0 Å². The fourth-order valence-corrected chi connectivity index (χ4v) is 1.72. The summed E-state index contributed by atoms with van der Waals surface area (Å²) in [5, 5.41) is 9.38. The first-order chi connectivity index (χ1) is 10.6. The highest BCUT2D eigenvalue weighted by Crippen LogP contribution is 2.19. The zero-order valence-electron chi connectivity index (χ0n) is 12.9. The van der Waals surface area contributed by atoms with Gasteiger partial charge in [-0.05, 0) is 37.6 Å². The maximum Gasteiger partial charge on any atom is 0.315 e. The van der Waals surface area contributed by atoms with Gasteiger partial charge in [0.1, 0.15) is 5.75 Å². The lowest BCUT2D eigenvalue weighted by Gasteiger charge is -2.11. The van der Waals surface area contributed by atoms with Crippen LogP contribution in [0.4, 0.5) is 4.79 Å². The van der Waals surface area contributed by atoms with Crippen LogP contribution < -0.4 is 15.4 Å². The second kappa shape index (κ2) is 7.44. The van der Waals surface area contributed by atoms with Crippen LogP contribution >= 0.6 is 0 Å². The maximum atomic E-state index is 11.6. The Hall–Kier alpha value is -2.57. The highest BCUT2D eigenvalue weighted by molar-refractivity contribution is 5.74. The standard InChI is InChI=1S/C15H20N4O3/c1-4-10(2)17-15(20)16-9-13-18-14(19-22-13)11-5-7-12(21-3)8-6-11/h5-8,10H,4,9H2,1-3H3,(H2,16,17,20). The van der Waals surface area contributed by atoms with Crippen LogP contribution in [0, 0.1) is 0 Å². The van der Waals surface area contributed by atoms with Crippen LogP contribution in [0.3, 0.4) is 0 Å². The number of carbonyl (C=O) groups is 1. The van der Waals surface area contributed by atoms with E-state index in [0.717, 1.165) is 17.7 Å². The van der Waals surface area contributed by atoms with E-state index in [-0.39, 0.29) is 18.6 Å². The molecule has 1 aromatic heterocycles. The predicted octanol–water partition coefficient (Wildman–Crippen LogP) is 2.34. The van der Waals surface area contributed by atoms with Gasteiger partial charge in [-0.15, -0.1) is 0 Å². The highest BCUT2D eigenvalue weighted by Gasteiger charge is 2.10. The Morgan fingerprint density at radius 1 is 1.36 bits per heavy atom. The van der Waals surface area contributed by atoms with Gasteiger partial charge in [-0.1, -0.05) is 12.1 Å². The number of methoxy groups -OCH3 is 1. The normalized spacial score (nSPS) is 11.8. The Kier molecular flexibility index (Phi) is 5.35. The van der Waals surface area contributed by atoms with E-state index in [2.05, 4.69) is 20.8 Å². The van der Waals surface area contributed by atoms with E-state index in [0.29, 0.717) is 11.7 Å². The molecule has 0 saturated heterocycles. The Balaban J connectivity index is 1.92. The molecule has 2 amide bonds. The minimum Gasteiger partial charge on any atom is -0.497 e. The number of ether oxygens (including phenoxy) is 1. The molecule has 0 aliphatic heterocycles. The molecule has 7 nitrogen and oxygen atoms in total. The third-order valence-corrected chi connectivity index (χ3v) is 3.21. The van der Waals surface area contributed by atoms with Crippen molar-refractivity contribution in [3.8, 4) is 17.1 Å². The summed E-state index contributed by atoms with van der Waals surface area (Å²) in [6.45, 7) is 4.13. The lowest BCUT2D eigenvalue weighted by molar-refractivity contribution is 0.235. The molecule has 2 aromatic rings. The minimum absolute atomic E-state index is 0.123. The average Bonchev–Trinajstić information content (AvgIpc) is 3.02. The molecule has 0 spiro atoms. The number of nitrogens with one attached hydrogen (secondary N) is 2. The molecule has 118 valence electrons. The third-order valence-electron chi connectivity index (χ3n) is 3.21. The molecular weight excluding hydrogens is 284 g/mol. The number of amides is 2. The molecule has 0 saturated carbocycles. The molecule has 0 fully saturated rings. The fourth-order valence-electron chi connectivity index (χ4n) is 1.72. The molecule has 7 heteroatoms. The molecule has 2 N–H and O–H groups in total. The molecule has 0 aliphatic rings. The van der Waals surface area contributed by atoms with Gasteiger partial charge in [-0.25, -0.2) is 4.79 Å². The maximum absolute atomic E-state index is 11.6. The Bertz CT molecular complexity index is 610. The largest absolute Gasteiger partial charge is 0.497 e. The summed E-state index contributed by atoms with van der Waals surface area (Å²) < 4.78 is 10.2. The molecule has 1 atom stereocenters. The van der Waals surface area contributed by atoms with E-state index in [1.165, 1.54) is 0 Å². The van der Waals surface area contributed by atoms with Crippen LogP contribution in [0.2, 0.25) is 0 Å². The summed E-state index contributed by atoms with van der Waals surface area (Å²) in [4.78, 5) is 15.9. The Morgan fingerprint density at radius 3 is 2.73 bits per heavy atom. The van der Waals surface area contributed by atoms with Crippen molar-refractivity contribution in [2.24, 2.45) is 0 Å². The first kappa shape index (κ1) is 15.8. The molecule has 0 radical (unpaired) electrons. The number of benzene rings is 1. The number of carbonyl (C=O) groups excluding carboxylic acids is 1. The predicted molar refractivity (Wildman–Crippen MR) is 81.4 cm³/mol. The van der Waals surface area contributed by atoms with Crippen LogP contribution in [0.1, 0.15) is 26.2 Å². The Morgan fingerprint density at radius 2 is 2.09 bits per heavy atom. The van der Waals surface area contributed by atoms with Gasteiger partial charge in [0.2, 0.25) is 11.7 Å². The topological polar surface area (TPSA) is 89.3 Å². The van der Waals surface area contributed by atoms with Crippen LogP contribution in [-0.2, 0) is 6.54 Å². The summed E-state index contributed by atoms with van der Waals surface area (Å²) in [5.74, 6) is 1.59. The van der Waals surface area contributed by atoms with Crippen LogP contribution in [0.5, 0.6) is 5.75 Å². The lowest BCUT2D eigenvalue weighted by atomic mass is 10.2. The van der Waals surface area contributed by atoms with Gasteiger partial charge < -0.3 is 19.9 Å². The molecular formula is C15H20N4O3. The summed E-state index contributed by atoms with van der Waals surface area (Å²) in [5.41, 5.74) is 0.819. The summed E-state index contributed by atoms with van der Waals surface area (Å²) >= 11 is 0. The van der Waals surface area contributed by atoms with Crippen LogP contribution in [0.25, 0.3) is 11.4 Å². The second-order valence-electron chi connectivity index (χ2n) is 4.88. The molecule has 2 rings (SSSR count). The summed E-state index contributed by atoms with van der Waals surface area (Å²) in [7, 11) is 1.61. The second-order valence-corrected chi connectivity index (χ2v) is 4.88.